The van der Waals surface area contributed by atoms with Crippen molar-refractivity contribution in [3.63, 3.8) is 0 Å². The van der Waals surface area contributed by atoms with Crippen LogP contribution in [0.3, 0.4) is 0 Å². The van der Waals surface area contributed by atoms with E-state index in [1.165, 1.54) is 11.1 Å². The summed E-state index contributed by atoms with van der Waals surface area (Å²) in [6, 6.07) is 12.3. The van der Waals surface area contributed by atoms with Gasteiger partial charge in [0, 0.05) is 15.7 Å². The van der Waals surface area contributed by atoms with Gasteiger partial charge in [-0.3, -0.25) is 0 Å². The Morgan fingerprint density at radius 2 is 1.96 bits per heavy atom. The van der Waals surface area contributed by atoms with Crippen molar-refractivity contribution >= 4 is 39.0 Å². The van der Waals surface area contributed by atoms with Crippen molar-refractivity contribution in [2.24, 2.45) is 0 Å². The Labute approximate surface area is 157 Å². The zero-order valence-electron chi connectivity index (χ0n) is 14.2. The van der Waals surface area contributed by atoms with Gasteiger partial charge in [-0.25, -0.2) is 0 Å². The molecule has 0 aliphatic rings. The molecule has 3 nitrogen and oxygen atoms in total. The fraction of sp³-hybridized carbons (Fsp3) is 0.316. The Morgan fingerprint density at radius 1 is 1.17 bits per heavy atom. The number of rotatable bonds is 6. The minimum absolute atomic E-state index is 0.330. The first kappa shape index (κ1) is 18.7. The van der Waals surface area contributed by atoms with Crippen molar-refractivity contribution in [1.82, 2.24) is 0 Å². The molecule has 0 saturated heterocycles. The number of methoxy groups -OCH3 is 1. The maximum absolute atomic E-state index is 6.10. The van der Waals surface area contributed by atoms with Crippen molar-refractivity contribution in [3.05, 3.63) is 57.6 Å². The second-order valence-electron chi connectivity index (χ2n) is 5.32. The number of hydrogen-bond acceptors (Lipinski definition) is 3. The van der Waals surface area contributed by atoms with E-state index in [1.54, 1.807) is 7.11 Å². The van der Waals surface area contributed by atoms with E-state index in [0.717, 1.165) is 34.3 Å². The lowest BCUT2D eigenvalue weighted by molar-refractivity contribution is 0.303. The van der Waals surface area contributed by atoms with Crippen LogP contribution >= 0.6 is 28.1 Å². The molecular formula is C19H22BrNO2S. The van der Waals surface area contributed by atoms with E-state index in [0.29, 0.717) is 11.8 Å². The summed E-state index contributed by atoms with van der Waals surface area (Å²) in [6.45, 7) is 4.74. The van der Waals surface area contributed by atoms with Crippen LogP contribution in [-0.4, -0.2) is 12.3 Å². The van der Waals surface area contributed by atoms with Gasteiger partial charge in [-0.2, -0.15) is 0 Å². The molecule has 128 valence electrons. The minimum Gasteiger partial charge on any atom is -0.489 e. The average Bonchev–Trinajstić information content (AvgIpc) is 2.61. The number of anilines is 1. The van der Waals surface area contributed by atoms with Crippen LogP contribution in [0, 0.1) is 0 Å². The van der Waals surface area contributed by atoms with Crippen LogP contribution in [0.2, 0.25) is 0 Å². The smallest absolute Gasteiger partial charge is 0.260 e. The molecule has 5 heteroatoms. The summed E-state index contributed by atoms with van der Waals surface area (Å²) in [5, 5.41) is 3.41. The van der Waals surface area contributed by atoms with Crippen LogP contribution in [0.4, 0.5) is 5.69 Å². The third-order valence-electron chi connectivity index (χ3n) is 3.83. The van der Waals surface area contributed by atoms with Crippen LogP contribution in [-0.2, 0) is 24.2 Å². The third kappa shape index (κ3) is 4.71. The molecule has 0 amide bonds. The molecule has 0 bridgehead atoms. The first-order chi connectivity index (χ1) is 11.6. The number of halogens is 1. The topological polar surface area (TPSA) is 30.5 Å². The molecule has 0 saturated carbocycles. The first-order valence-electron chi connectivity index (χ1n) is 7.96. The fourth-order valence-corrected chi connectivity index (χ4v) is 2.99. The predicted octanol–water partition coefficient (Wildman–Crippen LogP) is 5.50. The van der Waals surface area contributed by atoms with Gasteiger partial charge in [-0.15, -0.1) is 0 Å². The lowest BCUT2D eigenvalue weighted by Crippen LogP contribution is -2.13. The largest absolute Gasteiger partial charge is 0.489 e. The summed E-state index contributed by atoms with van der Waals surface area (Å²) in [5.74, 6) is 0.922. The lowest BCUT2D eigenvalue weighted by Gasteiger charge is -2.16. The van der Waals surface area contributed by atoms with Gasteiger partial charge in [0.15, 0.2) is 0 Å². The molecule has 2 rings (SSSR count). The Hall–Kier alpha value is -1.59. The van der Waals surface area contributed by atoms with Gasteiger partial charge in [0.25, 0.3) is 5.17 Å². The average molecular weight is 408 g/mol. The van der Waals surface area contributed by atoms with E-state index in [2.05, 4.69) is 53.3 Å². The third-order valence-corrected chi connectivity index (χ3v) is 4.84. The molecule has 0 atom stereocenters. The molecule has 0 unspecified atom stereocenters. The van der Waals surface area contributed by atoms with E-state index < -0.39 is 0 Å². The van der Waals surface area contributed by atoms with E-state index in [4.69, 9.17) is 21.7 Å². The van der Waals surface area contributed by atoms with Crippen molar-refractivity contribution in [1.29, 1.82) is 0 Å². The maximum atomic E-state index is 6.10. The summed E-state index contributed by atoms with van der Waals surface area (Å²) in [4.78, 5) is 0. The number of nitrogens with one attached hydrogen (secondary N) is 1. The van der Waals surface area contributed by atoms with Crippen molar-refractivity contribution in [2.75, 3.05) is 12.4 Å². The summed E-state index contributed by atoms with van der Waals surface area (Å²) in [6.07, 6.45) is 1.97. The van der Waals surface area contributed by atoms with Crippen LogP contribution in [0.5, 0.6) is 5.75 Å². The van der Waals surface area contributed by atoms with E-state index in [9.17, 15) is 0 Å². The summed E-state index contributed by atoms with van der Waals surface area (Å²) in [5.41, 5.74) is 4.43. The molecule has 2 aromatic carbocycles. The highest BCUT2D eigenvalue weighted by molar-refractivity contribution is 9.10. The van der Waals surface area contributed by atoms with Gasteiger partial charge in [-0.1, -0.05) is 48.0 Å². The molecule has 0 radical (unpaired) electrons. The van der Waals surface area contributed by atoms with Crippen molar-refractivity contribution in [3.8, 4) is 5.75 Å². The molecule has 0 heterocycles. The number of hydrogen-bond donors (Lipinski definition) is 1. The summed E-state index contributed by atoms with van der Waals surface area (Å²) in [7, 11) is 1.55. The maximum Gasteiger partial charge on any atom is 0.260 e. The highest BCUT2D eigenvalue weighted by Crippen LogP contribution is 2.28. The van der Waals surface area contributed by atoms with Gasteiger partial charge in [0.2, 0.25) is 0 Å². The zero-order chi connectivity index (χ0) is 17.5. The zero-order valence-corrected chi connectivity index (χ0v) is 16.6. The lowest BCUT2D eigenvalue weighted by atomic mass is 10.1. The predicted molar refractivity (Wildman–Crippen MR) is 107 cm³/mol. The van der Waals surface area contributed by atoms with E-state index in [1.807, 2.05) is 18.2 Å². The Bertz CT molecular complexity index is 719. The second-order valence-corrected chi connectivity index (χ2v) is 6.55. The van der Waals surface area contributed by atoms with Gasteiger partial charge in [-0.05, 0) is 54.4 Å². The van der Waals surface area contributed by atoms with E-state index in [-0.39, 0.29) is 0 Å². The summed E-state index contributed by atoms with van der Waals surface area (Å²) < 4.78 is 12.1. The number of aryl methyl sites for hydroxylation is 2. The normalized spacial score (nSPS) is 10.3. The molecule has 0 aliphatic carbocycles. The van der Waals surface area contributed by atoms with E-state index >= 15 is 0 Å². The molecule has 2 aromatic rings. The highest BCUT2D eigenvalue weighted by atomic mass is 79.9. The van der Waals surface area contributed by atoms with Gasteiger partial charge in [0.05, 0.1) is 7.11 Å². The quantitative estimate of drug-likeness (QED) is 0.640. The second kappa shape index (κ2) is 9.04. The first-order valence-corrected chi connectivity index (χ1v) is 9.16. The van der Waals surface area contributed by atoms with Crippen LogP contribution < -0.4 is 10.1 Å². The molecule has 1 N–H and O–H groups in total. The standard InChI is InChI=1S/C19H22BrNO2S/c1-4-13-9-10-18(14(5-2)11-13)23-12-15-16(20)7-6-8-17(15)21-19(24)22-3/h6-11H,4-5,12H2,1-3H3,(H,21,24). The van der Waals surface area contributed by atoms with Crippen LogP contribution in [0.25, 0.3) is 0 Å². The Morgan fingerprint density at radius 3 is 2.62 bits per heavy atom. The minimum atomic E-state index is 0.330. The Kier molecular flexibility index (Phi) is 7.06. The number of thiocarbonyl (C=S) groups is 1. The number of benzene rings is 2. The number of ether oxygens (including phenoxy) is 2. The molecule has 24 heavy (non-hydrogen) atoms. The van der Waals surface area contributed by atoms with Crippen molar-refractivity contribution < 1.29 is 9.47 Å². The monoisotopic (exact) mass is 407 g/mol. The highest BCUT2D eigenvalue weighted by Gasteiger charge is 2.11. The molecule has 0 spiro atoms. The Balaban J connectivity index is 2.21. The SMILES string of the molecule is CCc1ccc(OCc2c(Br)cccc2NC(=S)OC)c(CC)c1. The van der Waals surface area contributed by atoms with Crippen LogP contribution in [0.1, 0.15) is 30.5 Å². The molecule has 0 fully saturated rings. The van der Waals surface area contributed by atoms with Gasteiger partial charge < -0.3 is 14.8 Å². The van der Waals surface area contributed by atoms with Gasteiger partial charge >= 0.3 is 0 Å². The molecule has 0 aromatic heterocycles. The fourth-order valence-electron chi connectivity index (χ4n) is 2.40. The van der Waals surface area contributed by atoms with Crippen molar-refractivity contribution in [2.45, 2.75) is 33.3 Å². The molecule has 0 aliphatic heterocycles. The molecular weight excluding hydrogens is 386 g/mol. The van der Waals surface area contributed by atoms with Crippen LogP contribution in [0.15, 0.2) is 40.9 Å². The summed E-state index contributed by atoms with van der Waals surface area (Å²) >= 11 is 8.68. The van der Waals surface area contributed by atoms with Gasteiger partial charge in [0.1, 0.15) is 12.4 Å².